The van der Waals surface area contributed by atoms with Crippen molar-refractivity contribution in [1.82, 2.24) is 14.8 Å². The Bertz CT molecular complexity index is 787. The van der Waals surface area contributed by atoms with Crippen LogP contribution in [0.3, 0.4) is 0 Å². The number of hydrogen-bond acceptors (Lipinski definition) is 3. The predicted molar refractivity (Wildman–Crippen MR) is 114 cm³/mol. The summed E-state index contributed by atoms with van der Waals surface area (Å²) in [7, 11) is 1.67. The molecule has 0 amide bonds. The minimum Gasteiger partial charge on any atom is -0.497 e. The second-order valence-electron chi connectivity index (χ2n) is 7.04. The van der Waals surface area contributed by atoms with Crippen LogP contribution in [0.25, 0.3) is 5.69 Å². The van der Waals surface area contributed by atoms with Gasteiger partial charge in [0.1, 0.15) is 11.6 Å². The molecule has 146 valence electrons. The Balaban J connectivity index is 1.84. The van der Waals surface area contributed by atoms with E-state index in [9.17, 15) is 0 Å². The van der Waals surface area contributed by atoms with Gasteiger partial charge in [-0.25, -0.2) is 0 Å². The molecule has 0 bridgehead atoms. The number of terminal acetylenes is 1. The van der Waals surface area contributed by atoms with Gasteiger partial charge in [0, 0.05) is 18.4 Å². The fourth-order valence-electron chi connectivity index (χ4n) is 3.33. The van der Waals surface area contributed by atoms with Crippen molar-refractivity contribution in [3.05, 3.63) is 34.9 Å². The summed E-state index contributed by atoms with van der Waals surface area (Å²) in [5.41, 5.74) is 0.988. The quantitative estimate of drug-likeness (QED) is 0.269. The molecule has 1 heterocycles. The van der Waals surface area contributed by atoms with E-state index >= 15 is 0 Å². The second kappa shape index (κ2) is 11.6. The molecule has 0 radical (unpaired) electrons. The number of methoxy groups -OCH3 is 1. The minimum atomic E-state index is 0.347. The molecule has 27 heavy (non-hydrogen) atoms. The highest BCUT2D eigenvalue weighted by Gasteiger charge is 2.15. The summed E-state index contributed by atoms with van der Waals surface area (Å²) in [6.07, 6.45) is 16.1. The fourth-order valence-corrected chi connectivity index (χ4v) is 3.57. The van der Waals surface area contributed by atoms with E-state index in [-0.39, 0.29) is 0 Å². The van der Waals surface area contributed by atoms with E-state index in [1.54, 1.807) is 7.11 Å². The fraction of sp³-hybridized carbons (Fsp3) is 0.545. The maximum atomic E-state index is 5.46. The van der Waals surface area contributed by atoms with Gasteiger partial charge >= 0.3 is 0 Å². The van der Waals surface area contributed by atoms with E-state index in [0.29, 0.717) is 10.7 Å². The maximum absolute atomic E-state index is 5.46. The van der Waals surface area contributed by atoms with E-state index < -0.39 is 0 Å². The number of aromatic nitrogens is 3. The summed E-state index contributed by atoms with van der Waals surface area (Å²) in [6, 6.07) is 7.93. The van der Waals surface area contributed by atoms with Crippen molar-refractivity contribution >= 4 is 12.2 Å². The third kappa shape index (κ3) is 6.55. The van der Waals surface area contributed by atoms with Crippen LogP contribution in [0.2, 0.25) is 0 Å². The molecule has 1 atom stereocenters. The van der Waals surface area contributed by atoms with Crippen molar-refractivity contribution in [2.24, 2.45) is 0 Å². The lowest BCUT2D eigenvalue weighted by molar-refractivity contribution is 0.414. The van der Waals surface area contributed by atoms with Crippen LogP contribution in [0.1, 0.15) is 76.5 Å². The lowest BCUT2D eigenvalue weighted by Gasteiger charge is -2.14. The van der Waals surface area contributed by atoms with Crippen LogP contribution in [0.5, 0.6) is 5.75 Å². The van der Waals surface area contributed by atoms with Crippen molar-refractivity contribution in [3.63, 3.8) is 0 Å². The van der Waals surface area contributed by atoms with Crippen molar-refractivity contribution in [3.8, 4) is 23.8 Å². The molecule has 0 aliphatic rings. The first kappa shape index (κ1) is 21.2. The topological polar surface area (TPSA) is 42.8 Å². The summed E-state index contributed by atoms with van der Waals surface area (Å²) in [5, 5.41) is 7.44. The van der Waals surface area contributed by atoms with E-state index in [1.165, 1.54) is 44.9 Å². The normalized spacial score (nSPS) is 11.9. The van der Waals surface area contributed by atoms with E-state index in [4.69, 9.17) is 23.4 Å². The minimum absolute atomic E-state index is 0.347. The van der Waals surface area contributed by atoms with E-state index in [1.807, 2.05) is 28.8 Å². The third-order valence-corrected chi connectivity index (χ3v) is 5.18. The first-order valence-electron chi connectivity index (χ1n) is 9.92. The number of rotatable bonds is 12. The van der Waals surface area contributed by atoms with Crippen molar-refractivity contribution in [2.75, 3.05) is 7.11 Å². The summed E-state index contributed by atoms with van der Waals surface area (Å²) in [5.74, 6) is 4.86. The molecule has 0 aliphatic heterocycles. The Hall–Kier alpha value is -2.06. The van der Waals surface area contributed by atoms with Crippen LogP contribution in [-0.4, -0.2) is 21.9 Å². The highest BCUT2D eigenvalue weighted by molar-refractivity contribution is 7.71. The van der Waals surface area contributed by atoms with Crippen molar-refractivity contribution < 1.29 is 4.74 Å². The van der Waals surface area contributed by atoms with Gasteiger partial charge in [-0.3, -0.25) is 9.67 Å². The highest BCUT2D eigenvalue weighted by atomic mass is 32.1. The van der Waals surface area contributed by atoms with Gasteiger partial charge in [-0.1, -0.05) is 51.5 Å². The number of H-pyrrole nitrogens is 1. The Kier molecular flexibility index (Phi) is 9.13. The van der Waals surface area contributed by atoms with Gasteiger partial charge in [-0.15, -0.1) is 12.3 Å². The van der Waals surface area contributed by atoms with Gasteiger partial charge in [0.05, 0.1) is 12.8 Å². The Labute approximate surface area is 168 Å². The van der Waals surface area contributed by atoms with Gasteiger partial charge in [-0.05, 0) is 37.2 Å². The predicted octanol–water partition coefficient (Wildman–Crippen LogP) is 6.19. The SMILES string of the molecule is C#CCCCCCCCCCC(C)c1n[nH]c(=S)n1-c1cccc(OC)c1. The lowest BCUT2D eigenvalue weighted by Crippen LogP contribution is -2.06. The van der Waals surface area contributed by atoms with E-state index in [0.717, 1.165) is 30.1 Å². The number of nitrogens with zero attached hydrogens (tertiary/aromatic N) is 2. The average molecular weight is 386 g/mol. The lowest BCUT2D eigenvalue weighted by atomic mass is 10.0. The molecular weight excluding hydrogens is 354 g/mol. The molecule has 1 unspecified atom stereocenters. The zero-order valence-electron chi connectivity index (χ0n) is 16.5. The molecule has 4 nitrogen and oxygen atoms in total. The number of nitrogens with one attached hydrogen (secondary N) is 1. The molecule has 2 rings (SSSR count). The molecular formula is C22H31N3OS. The zero-order valence-corrected chi connectivity index (χ0v) is 17.4. The first-order valence-corrected chi connectivity index (χ1v) is 10.3. The van der Waals surface area contributed by atoms with Crippen LogP contribution in [-0.2, 0) is 0 Å². The van der Waals surface area contributed by atoms with Crippen LogP contribution < -0.4 is 4.74 Å². The van der Waals surface area contributed by atoms with Crippen molar-refractivity contribution in [1.29, 1.82) is 0 Å². The van der Waals surface area contributed by atoms with Gasteiger partial charge in [0.2, 0.25) is 0 Å². The van der Waals surface area contributed by atoms with Gasteiger partial charge in [0.15, 0.2) is 4.77 Å². The first-order chi connectivity index (χ1) is 13.2. The summed E-state index contributed by atoms with van der Waals surface area (Å²) < 4.78 is 7.98. The molecule has 0 saturated carbocycles. The Morgan fingerprint density at radius 1 is 1.19 bits per heavy atom. The molecule has 0 aliphatic carbocycles. The molecule has 1 N–H and O–H groups in total. The third-order valence-electron chi connectivity index (χ3n) is 4.91. The molecule has 1 aromatic carbocycles. The van der Waals surface area contributed by atoms with Crippen molar-refractivity contribution in [2.45, 2.75) is 70.6 Å². The highest BCUT2D eigenvalue weighted by Crippen LogP contribution is 2.25. The maximum Gasteiger partial charge on any atom is 0.199 e. The molecule has 2 aromatic rings. The number of ether oxygens (including phenoxy) is 1. The molecule has 0 fully saturated rings. The van der Waals surface area contributed by atoms with Crippen LogP contribution in [0.4, 0.5) is 0 Å². The largest absolute Gasteiger partial charge is 0.497 e. The van der Waals surface area contributed by atoms with Crippen LogP contribution in [0, 0.1) is 17.1 Å². The molecule has 0 saturated heterocycles. The average Bonchev–Trinajstić information content (AvgIpc) is 3.08. The second-order valence-corrected chi connectivity index (χ2v) is 7.43. The zero-order chi connectivity index (χ0) is 19.5. The Morgan fingerprint density at radius 3 is 2.59 bits per heavy atom. The smallest absolute Gasteiger partial charge is 0.199 e. The molecule has 0 spiro atoms. The summed E-state index contributed by atoms with van der Waals surface area (Å²) in [6.45, 7) is 2.22. The van der Waals surface area contributed by atoms with Crippen LogP contribution in [0.15, 0.2) is 24.3 Å². The van der Waals surface area contributed by atoms with Gasteiger partial charge in [0.25, 0.3) is 0 Å². The summed E-state index contributed by atoms with van der Waals surface area (Å²) in [4.78, 5) is 0. The summed E-state index contributed by atoms with van der Waals surface area (Å²) >= 11 is 5.46. The molecule has 1 aromatic heterocycles. The molecule has 5 heteroatoms. The Morgan fingerprint density at radius 2 is 1.89 bits per heavy atom. The number of benzene rings is 1. The van der Waals surface area contributed by atoms with E-state index in [2.05, 4.69) is 23.0 Å². The van der Waals surface area contributed by atoms with Crippen LogP contribution >= 0.6 is 12.2 Å². The number of aromatic amines is 1. The van der Waals surface area contributed by atoms with Gasteiger partial charge < -0.3 is 4.74 Å². The monoisotopic (exact) mass is 385 g/mol. The number of unbranched alkanes of at least 4 members (excludes halogenated alkanes) is 7. The van der Waals surface area contributed by atoms with Gasteiger partial charge in [-0.2, -0.15) is 5.10 Å². The standard InChI is InChI=1S/C22H31N3OS/c1-4-5-6-7-8-9-10-11-12-14-18(2)21-23-24-22(27)25(21)19-15-13-16-20(17-19)26-3/h1,13,15-18H,5-12,14H2,2-3H3,(H,24,27). The number of hydrogen-bond donors (Lipinski definition) is 1.